The number of carbonyl (C=O) groups excluding carboxylic acids is 1. The number of nitrogens with one attached hydrogen (secondary N) is 2. The maximum Gasteiger partial charge on any atom is 0.234 e. The summed E-state index contributed by atoms with van der Waals surface area (Å²) in [7, 11) is 0. The highest BCUT2D eigenvalue weighted by molar-refractivity contribution is 5.71. The van der Waals surface area contributed by atoms with Crippen LogP contribution in [0.5, 0.6) is 5.88 Å². The lowest BCUT2D eigenvalue weighted by Crippen LogP contribution is -1.93. The van der Waals surface area contributed by atoms with Crippen LogP contribution in [0.2, 0.25) is 0 Å². The molecule has 1 heterocycles. The number of carbonyl (C=O) groups is 1. The number of H-pyrrole nitrogens is 1. The number of anilines is 1. The van der Waals surface area contributed by atoms with Gasteiger partial charge >= 0.3 is 0 Å². The molecule has 48 valence electrons. The fourth-order valence-electron chi connectivity index (χ4n) is 0.449. The minimum atomic E-state index is -0.137. The Morgan fingerprint density at radius 3 is 3.11 bits per heavy atom. The lowest BCUT2D eigenvalue weighted by molar-refractivity contribution is -0.105. The predicted octanol–water partition coefficient (Wildman–Crippen LogP) is -0.316. The molecule has 0 bridgehead atoms. The van der Waals surface area contributed by atoms with Crippen LogP contribution < -0.4 is 5.32 Å². The van der Waals surface area contributed by atoms with Crippen LogP contribution >= 0.6 is 0 Å². The Kier molecular flexibility index (Phi) is 1.35. The molecular formula is C4H5N3O2. The average molecular weight is 127 g/mol. The van der Waals surface area contributed by atoms with Crippen molar-refractivity contribution in [2.45, 2.75) is 0 Å². The minimum absolute atomic E-state index is 0.137. The fourth-order valence-corrected chi connectivity index (χ4v) is 0.449. The van der Waals surface area contributed by atoms with Crippen LogP contribution in [0.4, 0.5) is 5.82 Å². The highest BCUT2D eigenvalue weighted by Gasteiger charge is 1.98. The van der Waals surface area contributed by atoms with E-state index in [0.29, 0.717) is 6.41 Å². The molecule has 5 nitrogen and oxygen atoms in total. The molecule has 5 heteroatoms. The molecule has 1 amide bonds. The van der Waals surface area contributed by atoms with E-state index in [-0.39, 0.29) is 11.7 Å². The molecule has 1 aromatic rings. The second-order valence-corrected chi connectivity index (χ2v) is 1.36. The van der Waals surface area contributed by atoms with Crippen molar-refractivity contribution >= 4 is 12.2 Å². The van der Waals surface area contributed by atoms with E-state index in [4.69, 9.17) is 5.11 Å². The Morgan fingerprint density at radius 2 is 2.67 bits per heavy atom. The van der Waals surface area contributed by atoms with Crippen LogP contribution in [0.1, 0.15) is 0 Å². The number of rotatable bonds is 2. The zero-order valence-electron chi connectivity index (χ0n) is 4.46. The fraction of sp³-hybridized carbons (Fsp3) is 0. The SMILES string of the molecule is O=CNc1nc[nH]c1O. The summed E-state index contributed by atoms with van der Waals surface area (Å²) < 4.78 is 0. The zero-order chi connectivity index (χ0) is 6.69. The first-order valence-corrected chi connectivity index (χ1v) is 2.27. The number of aromatic amines is 1. The smallest absolute Gasteiger partial charge is 0.234 e. The van der Waals surface area contributed by atoms with E-state index >= 15 is 0 Å². The number of amides is 1. The normalized spacial score (nSPS) is 8.89. The summed E-state index contributed by atoms with van der Waals surface area (Å²) in [5.41, 5.74) is 0. The number of hydrogen-bond donors (Lipinski definition) is 3. The van der Waals surface area contributed by atoms with Crippen molar-refractivity contribution in [1.82, 2.24) is 9.97 Å². The van der Waals surface area contributed by atoms with Gasteiger partial charge in [0.25, 0.3) is 0 Å². The zero-order valence-corrected chi connectivity index (χ0v) is 4.46. The maximum atomic E-state index is 9.75. The van der Waals surface area contributed by atoms with E-state index in [1.165, 1.54) is 6.33 Å². The van der Waals surface area contributed by atoms with Gasteiger partial charge in [-0.15, -0.1) is 0 Å². The van der Waals surface area contributed by atoms with Crippen molar-refractivity contribution in [3.8, 4) is 5.88 Å². The van der Waals surface area contributed by atoms with Gasteiger partial charge in [-0.2, -0.15) is 0 Å². The first kappa shape index (κ1) is 5.61. The second kappa shape index (κ2) is 2.17. The van der Waals surface area contributed by atoms with Gasteiger partial charge < -0.3 is 15.4 Å². The molecule has 1 aromatic heterocycles. The largest absolute Gasteiger partial charge is 0.492 e. The standard InChI is InChI=1S/C4H5N3O2/c8-2-7-3-4(9)6-1-5-3/h1-2,9H,(H,5,6)(H,7,8). The van der Waals surface area contributed by atoms with Crippen molar-refractivity contribution in [2.75, 3.05) is 5.32 Å². The van der Waals surface area contributed by atoms with Crippen molar-refractivity contribution in [3.63, 3.8) is 0 Å². The molecule has 1 rings (SSSR count). The number of aromatic hydroxyl groups is 1. The molecule has 0 unspecified atom stereocenters. The van der Waals surface area contributed by atoms with Gasteiger partial charge in [-0.1, -0.05) is 0 Å². The molecule has 0 aliphatic heterocycles. The summed E-state index contributed by atoms with van der Waals surface area (Å²) in [4.78, 5) is 15.7. The third kappa shape index (κ3) is 0.987. The minimum Gasteiger partial charge on any atom is -0.492 e. The van der Waals surface area contributed by atoms with Gasteiger partial charge in [-0.05, 0) is 0 Å². The summed E-state index contributed by atoms with van der Waals surface area (Å²) in [6.45, 7) is 0. The molecule has 0 aromatic carbocycles. The van der Waals surface area contributed by atoms with Crippen LogP contribution in [0, 0.1) is 0 Å². The monoisotopic (exact) mass is 127 g/mol. The third-order valence-electron chi connectivity index (χ3n) is 0.815. The second-order valence-electron chi connectivity index (χ2n) is 1.36. The predicted molar refractivity (Wildman–Crippen MR) is 29.9 cm³/mol. The van der Waals surface area contributed by atoms with Crippen LogP contribution in [0.3, 0.4) is 0 Å². The lowest BCUT2D eigenvalue weighted by atomic mass is 10.7. The van der Waals surface area contributed by atoms with E-state index in [0.717, 1.165) is 0 Å². The molecule has 0 atom stereocenters. The molecule has 0 saturated carbocycles. The van der Waals surface area contributed by atoms with Gasteiger partial charge in [0.2, 0.25) is 12.3 Å². The van der Waals surface area contributed by atoms with Gasteiger partial charge in [0, 0.05) is 0 Å². The molecule has 3 N–H and O–H groups in total. The molecule has 0 aliphatic rings. The average Bonchev–Trinajstić information content (AvgIpc) is 2.18. The van der Waals surface area contributed by atoms with E-state index in [9.17, 15) is 4.79 Å². The summed E-state index contributed by atoms with van der Waals surface area (Å²) in [6.07, 6.45) is 1.72. The Bertz CT molecular complexity index is 207. The first-order valence-electron chi connectivity index (χ1n) is 2.27. The number of aromatic nitrogens is 2. The third-order valence-corrected chi connectivity index (χ3v) is 0.815. The molecule has 0 spiro atoms. The summed E-state index contributed by atoms with van der Waals surface area (Å²) >= 11 is 0. The Labute approximate surface area is 50.7 Å². The van der Waals surface area contributed by atoms with Gasteiger partial charge in [0.15, 0.2) is 5.82 Å². The Hall–Kier alpha value is -1.52. The van der Waals surface area contributed by atoms with Crippen LogP contribution in [0.25, 0.3) is 0 Å². The summed E-state index contributed by atoms with van der Waals surface area (Å²) in [6, 6.07) is 0. The van der Waals surface area contributed by atoms with Gasteiger partial charge in [-0.3, -0.25) is 4.79 Å². The number of hydrogen-bond acceptors (Lipinski definition) is 3. The van der Waals surface area contributed by atoms with Gasteiger partial charge in [0.1, 0.15) is 0 Å². The number of imidazole rings is 1. The number of nitrogens with zero attached hydrogens (tertiary/aromatic N) is 1. The topological polar surface area (TPSA) is 78.0 Å². The Morgan fingerprint density at radius 1 is 1.89 bits per heavy atom. The van der Waals surface area contributed by atoms with E-state index in [2.05, 4.69) is 15.3 Å². The molecular weight excluding hydrogens is 122 g/mol. The molecule has 0 saturated heterocycles. The van der Waals surface area contributed by atoms with Gasteiger partial charge in [-0.25, -0.2) is 4.98 Å². The summed E-state index contributed by atoms with van der Waals surface area (Å²) in [5, 5.41) is 10.9. The van der Waals surface area contributed by atoms with Crippen molar-refractivity contribution in [3.05, 3.63) is 6.33 Å². The maximum absolute atomic E-state index is 9.75. The first-order chi connectivity index (χ1) is 4.34. The van der Waals surface area contributed by atoms with Crippen LogP contribution in [0.15, 0.2) is 6.33 Å². The molecule has 9 heavy (non-hydrogen) atoms. The Balaban J connectivity index is 2.80. The highest BCUT2D eigenvalue weighted by atomic mass is 16.3. The van der Waals surface area contributed by atoms with Gasteiger partial charge in [0.05, 0.1) is 6.33 Å². The van der Waals surface area contributed by atoms with Crippen molar-refractivity contribution in [1.29, 1.82) is 0 Å². The quantitative estimate of drug-likeness (QED) is 0.476. The molecule has 0 radical (unpaired) electrons. The molecule has 0 aliphatic carbocycles. The molecule has 0 fully saturated rings. The van der Waals surface area contributed by atoms with Crippen LogP contribution in [-0.2, 0) is 4.79 Å². The lowest BCUT2D eigenvalue weighted by Gasteiger charge is -1.88. The summed E-state index contributed by atoms with van der Waals surface area (Å²) in [5.74, 6) is 0.00657. The van der Waals surface area contributed by atoms with Crippen LogP contribution in [-0.4, -0.2) is 21.5 Å². The van der Waals surface area contributed by atoms with Crippen molar-refractivity contribution < 1.29 is 9.90 Å². The highest BCUT2D eigenvalue weighted by Crippen LogP contribution is 2.13. The van der Waals surface area contributed by atoms with E-state index < -0.39 is 0 Å². The van der Waals surface area contributed by atoms with Crippen molar-refractivity contribution in [2.24, 2.45) is 0 Å². The van der Waals surface area contributed by atoms with E-state index in [1.807, 2.05) is 0 Å². The van der Waals surface area contributed by atoms with E-state index in [1.54, 1.807) is 0 Å².